The predicted octanol–water partition coefficient (Wildman–Crippen LogP) is 5.80. The summed E-state index contributed by atoms with van der Waals surface area (Å²) in [6, 6.07) is 19.6. The van der Waals surface area contributed by atoms with E-state index in [-0.39, 0.29) is 37.1 Å². The number of para-hydroxylation sites is 1. The molecule has 2 heterocycles. The first-order chi connectivity index (χ1) is 19.8. The van der Waals surface area contributed by atoms with Crippen LogP contribution in [0.25, 0.3) is 22.0 Å². The van der Waals surface area contributed by atoms with E-state index in [1.807, 2.05) is 42.5 Å². The lowest BCUT2D eigenvalue weighted by Crippen LogP contribution is -2.27. The summed E-state index contributed by atoms with van der Waals surface area (Å²) < 4.78 is 11.2. The van der Waals surface area contributed by atoms with Gasteiger partial charge in [-0.05, 0) is 30.2 Å². The number of rotatable bonds is 9. The Morgan fingerprint density at radius 1 is 1.02 bits per heavy atom. The molecular weight excluding hydrogens is 546 g/mol. The molecule has 10 heteroatoms. The van der Waals surface area contributed by atoms with Crippen molar-refractivity contribution in [3.8, 4) is 22.6 Å². The number of H-pyrrole nitrogens is 1. The summed E-state index contributed by atoms with van der Waals surface area (Å²) >= 11 is 6.24. The van der Waals surface area contributed by atoms with E-state index >= 15 is 0 Å². The van der Waals surface area contributed by atoms with Gasteiger partial charge in [-0.2, -0.15) is 5.10 Å². The van der Waals surface area contributed by atoms with Crippen LogP contribution in [-0.2, 0) is 9.59 Å². The fourth-order valence-corrected chi connectivity index (χ4v) is 5.44. The number of aromatic nitrogens is 1. The van der Waals surface area contributed by atoms with Gasteiger partial charge in [-0.15, -0.1) is 0 Å². The number of aromatic amines is 1. The zero-order valence-electron chi connectivity index (χ0n) is 22.5. The first-order valence-corrected chi connectivity index (χ1v) is 13.4. The van der Waals surface area contributed by atoms with Crippen LogP contribution in [-0.4, -0.2) is 46.9 Å². The van der Waals surface area contributed by atoms with E-state index in [4.69, 9.17) is 31.3 Å². The lowest BCUT2D eigenvalue weighted by atomic mass is 9.90. The van der Waals surface area contributed by atoms with Crippen molar-refractivity contribution >= 4 is 40.1 Å². The maximum absolute atomic E-state index is 13.7. The van der Waals surface area contributed by atoms with Gasteiger partial charge in [0.25, 0.3) is 5.56 Å². The first kappa shape index (κ1) is 27.9. The minimum atomic E-state index is -0.982. The number of aliphatic carboxylic acids is 1. The van der Waals surface area contributed by atoms with Crippen molar-refractivity contribution in [1.29, 1.82) is 0 Å². The predicted molar refractivity (Wildman–Crippen MR) is 157 cm³/mol. The molecule has 0 aliphatic carbocycles. The van der Waals surface area contributed by atoms with Gasteiger partial charge in [-0.25, -0.2) is 5.01 Å². The van der Waals surface area contributed by atoms with Crippen molar-refractivity contribution in [1.82, 2.24) is 9.99 Å². The Kier molecular flexibility index (Phi) is 8.07. The number of hydrazone groups is 1. The molecule has 4 aromatic rings. The van der Waals surface area contributed by atoms with Crippen LogP contribution < -0.4 is 15.0 Å². The van der Waals surface area contributed by atoms with Gasteiger partial charge >= 0.3 is 5.97 Å². The molecule has 0 fully saturated rings. The molecule has 0 unspecified atom stereocenters. The zero-order chi connectivity index (χ0) is 29.1. The number of nitrogens with one attached hydrogen (secondary N) is 1. The third-order valence-corrected chi connectivity index (χ3v) is 7.30. The molecule has 0 spiro atoms. The molecule has 2 N–H and O–H groups in total. The lowest BCUT2D eigenvalue weighted by Gasteiger charge is -2.24. The molecule has 1 amide bonds. The van der Waals surface area contributed by atoms with Gasteiger partial charge in [0.1, 0.15) is 0 Å². The molecule has 0 radical (unpaired) electrons. The number of fused-ring (bicyclic) bond motifs is 1. The van der Waals surface area contributed by atoms with Gasteiger partial charge in [0, 0.05) is 40.8 Å². The number of nitrogens with zero attached hydrogens (tertiary/aromatic N) is 2. The van der Waals surface area contributed by atoms with Crippen LogP contribution in [0.4, 0.5) is 0 Å². The van der Waals surface area contributed by atoms with Crippen molar-refractivity contribution in [2.45, 2.75) is 31.7 Å². The number of hydrogen-bond acceptors (Lipinski definition) is 6. The van der Waals surface area contributed by atoms with Gasteiger partial charge in [0.2, 0.25) is 5.91 Å². The highest BCUT2D eigenvalue weighted by atomic mass is 35.5. The topological polar surface area (TPSA) is 121 Å². The smallest absolute Gasteiger partial charge is 0.303 e. The standard InChI is InChI=1S/C31H28ClN3O6/c1-40-25-11-6-10-21(30(25)41-2)24-17-23(34-35(24)26(36)12-7-13-27(37)38)29-28(18-8-4-3-5-9-18)20-15-14-19(32)16-22(20)33-31(29)39/h3-6,8-11,14-16,24H,7,12-13,17H2,1-2H3,(H,33,39)(H,37,38)/t24-/m0/s1. The van der Waals surface area contributed by atoms with E-state index in [0.29, 0.717) is 44.4 Å². The SMILES string of the molecule is COc1cccc([C@@H]2CC(c3c(-c4ccccc4)c4ccc(Cl)cc4[nH]c3=O)=NN2C(=O)CCCC(=O)O)c1OC. The number of carboxylic acids is 1. The number of amides is 1. The molecule has 1 aromatic heterocycles. The zero-order valence-corrected chi connectivity index (χ0v) is 23.3. The third kappa shape index (κ3) is 5.53. The number of carbonyl (C=O) groups is 2. The molecule has 5 rings (SSSR count). The summed E-state index contributed by atoms with van der Waals surface area (Å²) in [5.74, 6) is -0.404. The van der Waals surface area contributed by atoms with E-state index in [2.05, 4.69) is 4.98 Å². The molecule has 41 heavy (non-hydrogen) atoms. The van der Waals surface area contributed by atoms with Gasteiger partial charge in [-0.1, -0.05) is 60.1 Å². The van der Waals surface area contributed by atoms with Crippen molar-refractivity contribution in [2.75, 3.05) is 14.2 Å². The quantitative estimate of drug-likeness (QED) is 0.261. The Morgan fingerprint density at radius 2 is 1.80 bits per heavy atom. The summed E-state index contributed by atoms with van der Waals surface area (Å²) in [6.45, 7) is 0. The van der Waals surface area contributed by atoms with Gasteiger partial charge in [0.05, 0.1) is 37.1 Å². The number of carboxylic acid groups (broad SMARTS) is 1. The summed E-state index contributed by atoms with van der Waals surface area (Å²) in [6.07, 6.45) is 0.207. The third-order valence-electron chi connectivity index (χ3n) is 7.07. The molecule has 210 valence electrons. The van der Waals surface area contributed by atoms with Gasteiger partial charge in [-0.3, -0.25) is 14.4 Å². The minimum Gasteiger partial charge on any atom is -0.493 e. The normalized spacial score (nSPS) is 14.7. The average molecular weight is 574 g/mol. The molecule has 3 aromatic carbocycles. The second-order valence-electron chi connectivity index (χ2n) is 9.60. The maximum Gasteiger partial charge on any atom is 0.303 e. The summed E-state index contributed by atoms with van der Waals surface area (Å²) in [5, 5.41) is 16.4. The molecule has 1 atom stereocenters. The van der Waals surface area contributed by atoms with Gasteiger partial charge in [0.15, 0.2) is 11.5 Å². The van der Waals surface area contributed by atoms with Crippen molar-refractivity contribution < 1.29 is 24.2 Å². The second kappa shape index (κ2) is 11.9. The number of methoxy groups -OCH3 is 2. The molecule has 0 bridgehead atoms. The van der Waals surface area contributed by atoms with Crippen molar-refractivity contribution in [3.05, 3.63) is 93.2 Å². The van der Waals surface area contributed by atoms with E-state index < -0.39 is 12.0 Å². The summed E-state index contributed by atoms with van der Waals surface area (Å²) in [7, 11) is 3.05. The van der Waals surface area contributed by atoms with Crippen LogP contribution in [0.3, 0.4) is 0 Å². The highest BCUT2D eigenvalue weighted by Gasteiger charge is 2.37. The Labute approximate surface area is 241 Å². The van der Waals surface area contributed by atoms with Crippen LogP contribution in [0.2, 0.25) is 5.02 Å². The van der Waals surface area contributed by atoms with Gasteiger partial charge < -0.3 is 19.6 Å². The largest absolute Gasteiger partial charge is 0.493 e. The van der Waals surface area contributed by atoms with E-state index in [0.717, 1.165) is 10.9 Å². The van der Waals surface area contributed by atoms with Crippen molar-refractivity contribution in [2.24, 2.45) is 5.10 Å². The number of carbonyl (C=O) groups excluding carboxylic acids is 1. The van der Waals surface area contributed by atoms with Crippen molar-refractivity contribution in [3.63, 3.8) is 0 Å². The molecular formula is C31H28ClN3O6. The maximum atomic E-state index is 13.7. The molecule has 1 aliphatic rings. The Hall–Kier alpha value is -4.63. The van der Waals surface area contributed by atoms with Crippen LogP contribution in [0.1, 0.15) is 42.9 Å². The van der Waals surface area contributed by atoms with E-state index in [1.165, 1.54) is 19.2 Å². The molecule has 0 saturated carbocycles. The number of ether oxygens (including phenoxy) is 2. The van der Waals surface area contributed by atoms with Crippen LogP contribution in [0.5, 0.6) is 11.5 Å². The Balaban J connectivity index is 1.69. The lowest BCUT2D eigenvalue weighted by molar-refractivity contribution is -0.137. The number of benzene rings is 3. The highest BCUT2D eigenvalue weighted by Crippen LogP contribution is 2.43. The minimum absolute atomic E-state index is 0.0238. The fourth-order valence-electron chi connectivity index (χ4n) is 5.26. The molecule has 0 saturated heterocycles. The Bertz CT molecular complexity index is 1720. The van der Waals surface area contributed by atoms with Crippen LogP contribution in [0.15, 0.2) is 76.6 Å². The molecule has 1 aliphatic heterocycles. The van der Waals surface area contributed by atoms with Crippen LogP contribution >= 0.6 is 11.6 Å². The summed E-state index contributed by atoms with van der Waals surface area (Å²) in [4.78, 5) is 41.2. The number of hydrogen-bond donors (Lipinski definition) is 2. The highest BCUT2D eigenvalue weighted by molar-refractivity contribution is 6.31. The molecule has 9 nitrogen and oxygen atoms in total. The Morgan fingerprint density at radius 3 is 2.51 bits per heavy atom. The van der Waals surface area contributed by atoms with E-state index in [9.17, 15) is 14.4 Å². The monoisotopic (exact) mass is 573 g/mol. The number of halogens is 1. The average Bonchev–Trinajstić information content (AvgIpc) is 3.41. The number of pyridine rings is 1. The van der Waals surface area contributed by atoms with E-state index in [1.54, 1.807) is 24.3 Å². The van der Waals surface area contributed by atoms with Crippen LogP contribution in [0, 0.1) is 0 Å². The first-order valence-electron chi connectivity index (χ1n) is 13.1. The fraction of sp³-hybridized carbons (Fsp3) is 0.226. The second-order valence-corrected chi connectivity index (χ2v) is 10.0. The summed E-state index contributed by atoms with van der Waals surface area (Å²) in [5.41, 5.74) is 3.12.